The third-order valence-corrected chi connectivity index (χ3v) is 4.94. The zero-order chi connectivity index (χ0) is 18.0. The molecule has 0 unspecified atom stereocenters. The van der Waals surface area contributed by atoms with Crippen LogP contribution in [0.25, 0.3) is 0 Å². The van der Waals surface area contributed by atoms with Crippen LogP contribution in [0.3, 0.4) is 0 Å². The monoisotopic (exact) mass is 342 g/mol. The zero-order valence-electron chi connectivity index (χ0n) is 15.1. The lowest BCUT2D eigenvalue weighted by molar-refractivity contribution is -0.131. The minimum Gasteiger partial charge on any atom is -0.339 e. The van der Waals surface area contributed by atoms with Crippen LogP contribution in [0.15, 0.2) is 30.3 Å². The van der Waals surface area contributed by atoms with E-state index in [0.717, 1.165) is 11.6 Å². The smallest absolute Gasteiger partial charge is 0.236 e. The highest BCUT2D eigenvalue weighted by molar-refractivity contribution is 5.78. The molecule has 1 aliphatic rings. The van der Waals surface area contributed by atoms with E-state index in [1.54, 1.807) is 0 Å². The number of rotatable bonds is 5. The van der Waals surface area contributed by atoms with Gasteiger partial charge in [0.15, 0.2) is 0 Å². The summed E-state index contributed by atoms with van der Waals surface area (Å²) in [7, 11) is 3.86. The fourth-order valence-corrected chi connectivity index (χ4v) is 3.30. The van der Waals surface area contributed by atoms with Crippen molar-refractivity contribution in [1.82, 2.24) is 24.6 Å². The Balaban J connectivity index is 1.57. The molecule has 1 amide bonds. The van der Waals surface area contributed by atoms with Crippen LogP contribution in [0, 0.1) is 6.92 Å². The molecule has 0 saturated carbocycles. The second kappa shape index (κ2) is 7.33. The molecule has 1 aromatic heterocycles. The summed E-state index contributed by atoms with van der Waals surface area (Å²) in [6.07, 6.45) is 0. The first-order valence-corrected chi connectivity index (χ1v) is 8.57. The molecule has 2 atom stereocenters. The molecular formula is C18H26N6O. The van der Waals surface area contributed by atoms with Gasteiger partial charge < -0.3 is 15.2 Å². The Morgan fingerprint density at radius 3 is 2.64 bits per heavy atom. The number of likely N-dealkylation sites (N-methyl/N-ethyl adjacent to an activating group) is 1. The molecule has 0 bridgehead atoms. The number of carbonyl (C=O) groups excluding carboxylic acids is 1. The summed E-state index contributed by atoms with van der Waals surface area (Å²) >= 11 is 0. The maximum absolute atomic E-state index is 12.6. The Labute approximate surface area is 148 Å². The number of carbonyl (C=O) groups is 1. The van der Waals surface area contributed by atoms with Gasteiger partial charge in [-0.25, -0.2) is 0 Å². The molecule has 7 heteroatoms. The Kier molecular flexibility index (Phi) is 5.15. The lowest BCUT2D eigenvalue weighted by Crippen LogP contribution is -2.39. The number of nitrogens with two attached hydrogens (primary N) is 1. The molecule has 1 fully saturated rings. The zero-order valence-corrected chi connectivity index (χ0v) is 15.1. The second-order valence-electron chi connectivity index (χ2n) is 6.87. The van der Waals surface area contributed by atoms with E-state index in [4.69, 9.17) is 5.73 Å². The number of likely N-dealkylation sites (tertiary alicyclic amines) is 1. The largest absolute Gasteiger partial charge is 0.339 e. The fraction of sp³-hybridized carbons (Fsp3) is 0.500. The second-order valence-corrected chi connectivity index (χ2v) is 6.87. The molecule has 2 N–H and O–H groups in total. The summed E-state index contributed by atoms with van der Waals surface area (Å²) in [5.41, 5.74) is 7.49. The van der Waals surface area contributed by atoms with Crippen LogP contribution in [0.5, 0.6) is 0 Å². The Bertz CT molecular complexity index is 728. The Morgan fingerprint density at radius 2 is 2.00 bits per heavy atom. The van der Waals surface area contributed by atoms with Crippen molar-refractivity contribution in [3.63, 3.8) is 0 Å². The predicted molar refractivity (Wildman–Crippen MR) is 95.8 cm³/mol. The van der Waals surface area contributed by atoms with E-state index < -0.39 is 0 Å². The lowest BCUT2D eigenvalue weighted by atomic mass is 9.95. The van der Waals surface area contributed by atoms with E-state index >= 15 is 0 Å². The first kappa shape index (κ1) is 17.6. The van der Waals surface area contributed by atoms with Gasteiger partial charge in [0.25, 0.3) is 0 Å². The van der Waals surface area contributed by atoms with Crippen LogP contribution in [0.1, 0.15) is 23.1 Å². The first-order valence-electron chi connectivity index (χ1n) is 8.57. The SMILES string of the molecule is Cc1nnc(CN(C)CC(=O)N2C[C@@H](N)[C@H](c3ccccc3)C2)n1C. The third-order valence-electron chi connectivity index (χ3n) is 4.94. The minimum absolute atomic E-state index is 0.0157. The van der Waals surface area contributed by atoms with Gasteiger partial charge in [0.1, 0.15) is 11.6 Å². The van der Waals surface area contributed by atoms with Gasteiger partial charge in [0, 0.05) is 32.1 Å². The van der Waals surface area contributed by atoms with Gasteiger partial charge >= 0.3 is 0 Å². The highest BCUT2D eigenvalue weighted by Crippen LogP contribution is 2.26. The molecule has 1 aliphatic heterocycles. The van der Waals surface area contributed by atoms with Gasteiger partial charge in [-0.2, -0.15) is 0 Å². The number of hydrogen-bond donors (Lipinski definition) is 1. The summed E-state index contributed by atoms with van der Waals surface area (Å²) < 4.78 is 1.94. The molecule has 2 heterocycles. The Morgan fingerprint density at radius 1 is 1.28 bits per heavy atom. The van der Waals surface area contributed by atoms with Crippen molar-refractivity contribution in [3.8, 4) is 0 Å². The molecule has 1 saturated heterocycles. The maximum Gasteiger partial charge on any atom is 0.236 e. The normalized spacial score (nSPS) is 20.4. The number of nitrogens with zero attached hydrogens (tertiary/aromatic N) is 5. The standard InChI is InChI=1S/C18H26N6O/c1-13-20-21-17(23(13)3)11-22(2)12-18(25)24-9-15(16(19)10-24)14-7-5-4-6-8-14/h4-8,15-16H,9-12,19H2,1-3H3/t15-,16+/m0/s1. The summed E-state index contributed by atoms with van der Waals surface area (Å²) in [6.45, 7) is 4.14. The summed E-state index contributed by atoms with van der Waals surface area (Å²) in [6, 6.07) is 10.2. The fourth-order valence-electron chi connectivity index (χ4n) is 3.30. The number of amides is 1. The van der Waals surface area contributed by atoms with E-state index in [1.165, 1.54) is 5.56 Å². The highest BCUT2D eigenvalue weighted by atomic mass is 16.2. The summed E-state index contributed by atoms with van der Waals surface area (Å²) in [5, 5.41) is 8.20. The summed E-state index contributed by atoms with van der Waals surface area (Å²) in [4.78, 5) is 16.5. The molecule has 7 nitrogen and oxygen atoms in total. The van der Waals surface area contributed by atoms with Crippen LogP contribution in [-0.4, -0.2) is 63.2 Å². The number of aryl methyl sites for hydroxylation is 1. The van der Waals surface area contributed by atoms with Crippen molar-refractivity contribution in [3.05, 3.63) is 47.5 Å². The number of benzene rings is 1. The van der Waals surface area contributed by atoms with Gasteiger partial charge in [0.2, 0.25) is 5.91 Å². The van der Waals surface area contributed by atoms with Gasteiger partial charge in [-0.1, -0.05) is 30.3 Å². The van der Waals surface area contributed by atoms with Crippen molar-refractivity contribution in [2.24, 2.45) is 12.8 Å². The van der Waals surface area contributed by atoms with Crippen LogP contribution in [-0.2, 0) is 18.4 Å². The molecule has 1 aromatic carbocycles. The average Bonchev–Trinajstić information content (AvgIpc) is 3.13. The van der Waals surface area contributed by atoms with Crippen molar-refractivity contribution in [2.45, 2.75) is 25.4 Å². The van der Waals surface area contributed by atoms with Crippen molar-refractivity contribution >= 4 is 5.91 Å². The lowest BCUT2D eigenvalue weighted by Gasteiger charge is -2.21. The van der Waals surface area contributed by atoms with Gasteiger partial charge in [-0.15, -0.1) is 10.2 Å². The van der Waals surface area contributed by atoms with E-state index in [2.05, 4.69) is 22.3 Å². The predicted octanol–water partition coefficient (Wildman–Crippen LogP) is 0.509. The van der Waals surface area contributed by atoms with E-state index in [9.17, 15) is 4.79 Å². The molecule has 0 radical (unpaired) electrons. The van der Waals surface area contributed by atoms with E-state index in [0.29, 0.717) is 26.2 Å². The van der Waals surface area contributed by atoms with E-state index in [1.807, 2.05) is 53.6 Å². The van der Waals surface area contributed by atoms with Gasteiger partial charge in [0.05, 0.1) is 13.1 Å². The van der Waals surface area contributed by atoms with Crippen LogP contribution in [0.2, 0.25) is 0 Å². The molecule has 0 aliphatic carbocycles. The topological polar surface area (TPSA) is 80.3 Å². The molecule has 2 aromatic rings. The quantitative estimate of drug-likeness (QED) is 0.856. The number of hydrogen-bond acceptors (Lipinski definition) is 5. The van der Waals surface area contributed by atoms with Crippen LogP contribution < -0.4 is 5.73 Å². The molecule has 134 valence electrons. The van der Waals surface area contributed by atoms with Crippen molar-refractivity contribution in [2.75, 3.05) is 26.7 Å². The molecule has 3 rings (SSSR count). The third kappa shape index (κ3) is 3.88. The van der Waals surface area contributed by atoms with Crippen molar-refractivity contribution < 1.29 is 4.79 Å². The van der Waals surface area contributed by atoms with Crippen LogP contribution >= 0.6 is 0 Å². The van der Waals surface area contributed by atoms with Gasteiger partial charge in [-0.05, 0) is 19.5 Å². The molecule has 25 heavy (non-hydrogen) atoms. The molecular weight excluding hydrogens is 316 g/mol. The van der Waals surface area contributed by atoms with E-state index in [-0.39, 0.29) is 17.9 Å². The average molecular weight is 342 g/mol. The van der Waals surface area contributed by atoms with Crippen molar-refractivity contribution in [1.29, 1.82) is 0 Å². The maximum atomic E-state index is 12.6. The highest BCUT2D eigenvalue weighted by Gasteiger charge is 2.33. The number of aromatic nitrogens is 3. The minimum atomic E-state index is -0.0157. The summed E-state index contributed by atoms with van der Waals surface area (Å²) in [5.74, 6) is 2.03. The van der Waals surface area contributed by atoms with Gasteiger partial charge in [-0.3, -0.25) is 9.69 Å². The first-order chi connectivity index (χ1) is 12.0. The molecule has 0 spiro atoms. The Hall–Kier alpha value is -2.25. The van der Waals surface area contributed by atoms with Crippen LogP contribution in [0.4, 0.5) is 0 Å².